The number of Topliss-reactive ketones (excluding diaryl/α,β-unsaturated/α-hetero) is 1. The molecule has 1 fully saturated rings. The van der Waals surface area contributed by atoms with Crippen molar-refractivity contribution >= 4 is 17.6 Å². The highest BCUT2D eigenvalue weighted by molar-refractivity contribution is 6.14. The average molecular weight is 607 g/mol. The number of likely N-dealkylation sites (N-methyl/N-ethyl adjacent to an activating group) is 1. The van der Waals surface area contributed by atoms with Gasteiger partial charge >= 0.3 is 0 Å². The first kappa shape index (κ1) is 29.6. The summed E-state index contributed by atoms with van der Waals surface area (Å²) in [6.45, 7) is 0.331. The quantitative estimate of drug-likeness (QED) is 0.205. The van der Waals surface area contributed by atoms with Gasteiger partial charge in [0.1, 0.15) is 28.6 Å². The molecule has 2 aromatic rings. The molecule has 6 rings (SSSR count). The van der Waals surface area contributed by atoms with Gasteiger partial charge in [-0.2, -0.15) is 0 Å². The monoisotopic (exact) mass is 606 g/mol. The zero-order chi connectivity index (χ0) is 31.9. The first-order valence-electron chi connectivity index (χ1n) is 14.1. The lowest BCUT2D eigenvalue weighted by atomic mass is 9.60. The highest BCUT2D eigenvalue weighted by Crippen LogP contribution is 2.68. The molecule has 1 heterocycles. The van der Waals surface area contributed by atoms with Gasteiger partial charge in [-0.1, -0.05) is 12.1 Å². The van der Waals surface area contributed by atoms with E-state index in [1.807, 2.05) is 12.1 Å². The predicted octanol–water partition coefficient (Wildman–Crippen LogP) is 0.529. The van der Waals surface area contributed by atoms with Crippen LogP contribution in [0.4, 0.5) is 0 Å². The van der Waals surface area contributed by atoms with E-state index in [0.717, 1.165) is 5.56 Å². The van der Waals surface area contributed by atoms with Crippen molar-refractivity contribution in [3.05, 3.63) is 69.7 Å². The minimum atomic E-state index is -2.41. The average Bonchev–Trinajstić information content (AvgIpc) is 3.58. The van der Waals surface area contributed by atoms with E-state index in [-0.39, 0.29) is 36.3 Å². The number of aliphatic hydroxyl groups is 3. The number of methoxy groups -OCH3 is 1. The van der Waals surface area contributed by atoms with Crippen LogP contribution in [0.15, 0.2) is 53.0 Å². The molecule has 232 valence electrons. The summed E-state index contributed by atoms with van der Waals surface area (Å²) >= 11 is 0. The van der Waals surface area contributed by atoms with Gasteiger partial charge in [-0.05, 0) is 67.7 Å². The molecule has 9 N–H and O–H groups in total. The van der Waals surface area contributed by atoms with Crippen LogP contribution >= 0.6 is 0 Å². The van der Waals surface area contributed by atoms with Crippen LogP contribution in [-0.2, 0) is 27.3 Å². The molecule has 3 aliphatic carbocycles. The number of carbonyl (C=O) groups is 3. The van der Waals surface area contributed by atoms with Crippen LogP contribution in [0.1, 0.15) is 27.9 Å². The minimum Gasteiger partial charge on any atom is -0.510 e. The largest absolute Gasteiger partial charge is 0.510 e. The van der Waals surface area contributed by atoms with Gasteiger partial charge in [0.25, 0.3) is 5.91 Å². The van der Waals surface area contributed by atoms with Crippen molar-refractivity contribution in [1.29, 1.82) is 0 Å². The fraction of sp³-hybridized carbons (Fsp3) is 0.387. The summed E-state index contributed by atoms with van der Waals surface area (Å²) in [5, 5.41) is 48.2. The normalized spacial score (nSPS) is 28.7. The maximum atomic E-state index is 14.2. The third kappa shape index (κ3) is 3.97. The fourth-order valence-electron chi connectivity index (χ4n) is 7.52. The molecule has 2 amide bonds. The molecule has 13 nitrogen and oxygen atoms in total. The number of carbonyl (C=O) groups excluding carboxylic acids is 3. The molecular formula is C31H34N4O9. The van der Waals surface area contributed by atoms with E-state index in [9.17, 15) is 34.8 Å². The Labute approximate surface area is 252 Å². The summed E-state index contributed by atoms with van der Waals surface area (Å²) in [7, 11) is 4.86. The number of ether oxygens (including phenoxy) is 2. The van der Waals surface area contributed by atoms with Crippen molar-refractivity contribution in [3.8, 4) is 22.6 Å². The van der Waals surface area contributed by atoms with Crippen LogP contribution < -0.4 is 21.5 Å². The van der Waals surface area contributed by atoms with E-state index in [2.05, 4.69) is 5.32 Å². The smallest absolute Gasteiger partial charge is 0.253 e. The Bertz CT molecular complexity index is 1700. The number of nitrogens with two attached hydrogens (primary N) is 2. The lowest BCUT2D eigenvalue weighted by molar-refractivity contribution is -0.118. The Kier molecular flexibility index (Phi) is 6.77. The number of ketones is 1. The van der Waals surface area contributed by atoms with Crippen molar-refractivity contribution in [1.82, 2.24) is 10.2 Å². The van der Waals surface area contributed by atoms with Crippen molar-refractivity contribution in [3.63, 3.8) is 0 Å². The number of nitrogens with zero attached hydrogens (tertiary/aromatic N) is 1. The Hall–Kier alpha value is -4.43. The van der Waals surface area contributed by atoms with Crippen molar-refractivity contribution < 1.29 is 44.3 Å². The first-order valence-corrected chi connectivity index (χ1v) is 14.1. The van der Waals surface area contributed by atoms with E-state index < -0.39 is 64.0 Å². The summed E-state index contributed by atoms with van der Waals surface area (Å²) in [4.78, 5) is 39.4. The Morgan fingerprint density at radius 2 is 1.86 bits per heavy atom. The zero-order valence-electron chi connectivity index (χ0n) is 24.4. The number of epoxide rings is 1. The van der Waals surface area contributed by atoms with Gasteiger partial charge in [0, 0.05) is 23.6 Å². The summed E-state index contributed by atoms with van der Waals surface area (Å²) in [5.41, 5.74) is 10.9. The predicted molar refractivity (Wildman–Crippen MR) is 155 cm³/mol. The number of hydrogen-bond donors (Lipinski definition) is 7. The van der Waals surface area contributed by atoms with E-state index in [1.54, 1.807) is 31.1 Å². The minimum absolute atomic E-state index is 0.00728. The lowest BCUT2D eigenvalue weighted by Gasteiger charge is -2.46. The topological polar surface area (TPSA) is 221 Å². The summed E-state index contributed by atoms with van der Waals surface area (Å²) < 4.78 is 11.4. The van der Waals surface area contributed by atoms with Crippen LogP contribution in [0.3, 0.4) is 0 Å². The van der Waals surface area contributed by atoms with Crippen LogP contribution in [0.5, 0.6) is 11.5 Å². The molecule has 0 saturated carbocycles. The van der Waals surface area contributed by atoms with Crippen molar-refractivity contribution in [2.24, 2.45) is 23.3 Å². The van der Waals surface area contributed by atoms with E-state index in [1.165, 1.54) is 13.2 Å². The van der Waals surface area contributed by atoms with E-state index >= 15 is 0 Å². The zero-order valence-corrected chi connectivity index (χ0v) is 24.4. The van der Waals surface area contributed by atoms with E-state index in [4.69, 9.17) is 20.9 Å². The molecule has 1 saturated heterocycles. The second-order valence-electron chi connectivity index (χ2n) is 11.9. The molecule has 1 aliphatic heterocycles. The first-order chi connectivity index (χ1) is 20.8. The van der Waals surface area contributed by atoms with E-state index in [0.29, 0.717) is 29.0 Å². The summed E-state index contributed by atoms with van der Waals surface area (Å²) in [6, 6.07) is 7.67. The molecule has 0 bridgehead atoms. The van der Waals surface area contributed by atoms with Gasteiger partial charge in [-0.3, -0.25) is 19.3 Å². The number of rotatable bonds is 8. The van der Waals surface area contributed by atoms with Crippen molar-refractivity contribution in [2.45, 2.75) is 36.8 Å². The highest BCUT2D eigenvalue weighted by atomic mass is 16.8. The number of aliphatic hydroxyl groups excluding tert-OH is 2. The maximum Gasteiger partial charge on any atom is 0.253 e. The number of hydrogen-bond acceptors (Lipinski definition) is 11. The molecule has 0 aromatic heterocycles. The van der Waals surface area contributed by atoms with Crippen LogP contribution in [0.2, 0.25) is 0 Å². The fourth-order valence-corrected chi connectivity index (χ4v) is 7.52. The van der Waals surface area contributed by atoms with Gasteiger partial charge in [0.15, 0.2) is 11.4 Å². The number of phenolic OH excluding ortho intramolecular Hbond substituents is 1. The third-order valence-corrected chi connectivity index (χ3v) is 9.30. The maximum absolute atomic E-state index is 14.2. The number of nitrogens with one attached hydrogen (secondary N) is 1. The molecule has 44 heavy (non-hydrogen) atoms. The Balaban J connectivity index is 1.48. The number of aromatic hydroxyl groups is 1. The highest BCUT2D eigenvalue weighted by Gasteiger charge is 2.84. The molecule has 4 aliphatic rings. The summed E-state index contributed by atoms with van der Waals surface area (Å²) in [6.07, 6.45) is 0.408. The van der Waals surface area contributed by atoms with Crippen LogP contribution in [-0.4, -0.2) is 88.1 Å². The number of benzene rings is 2. The number of amides is 2. The molecular weight excluding hydrogens is 572 g/mol. The molecule has 5 atom stereocenters. The van der Waals surface area contributed by atoms with Crippen molar-refractivity contribution in [2.75, 3.05) is 27.7 Å². The molecule has 2 aromatic carbocycles. The number of phenols is 1. The van der Waals surface area contributed by atoms with Gasteiger partial charge < -0.3 is 46.7 Å². The Morgan fingerprint density at radius 1 is 1.14 bits per heavy atom. The molecule has 1 unspecified atom stereocenters. The molecule has 0 radical (unpaired) electrons. The molecule has 1 spiro atoms. The number of fused-ring (bicyclic) bond motifs is 2. The van der Waals surface area contributed by atoms with Crippen LogP contribution in [0.25, 0.3) is 11.1 Å². The molecule has 13 heteroatoms. The SMILES string of the molecule is COc1ccc(CNCC(N)=O)cc1-c1ccc(O)c2c1C[C@H]1C[C@H]3[C@H](N(C)C)C(O)=C(C(N)=O)C4(O)O[C@]34C(O)=C1C2=O. The number of allylic oxidation sites excluding steroid dienone is 1. The summed E-state index contributed by atoms with van der Waals surface area (Å²) in [5.74, 6) is -6.78. The standard InChI is InChI=1S/C31H34N4O9/c1-35(2)25-18-10-14-9-17-15(16-8-13(4-7-20(16)43-3)11-34-12-21(32)37)5-6-19(36)23(17)26(38)22(14)28(40)30(18)31(42,44-30)24(27(25)39)29(33)41/h4-8,14,18,25,34,36,39-40,42H,9-12H2,1-3H3,(H2,32,37)(H2,33,41)/t14-,18-,25-,30-,31?/m0/s1. The van der Waals surface area contributed by atoms with Crippen LogP contribution in [0, 0.1) is 11.8 Å². The second-order valence-corrected chi connectivity index (χ2v) is 11.9. The lowest BCUT2D eigenvalue weighted by Crippen LogP contribution is -2.57. The second kappa shape index (κ2) is 10.1. The Morgan fingerprint density at radius 3 is 2.50 bits per heavy atom. The third-order valence-electron chi connectivity index (χ3n) is 9.30. The van der Waals surface area contributed by atoms with Gasteiger partial charge in [0.2, 0.25) is 11.7 Å². The van der Waals surface area contributed by atoms with Gasteiger partial charge in [-0.25, -0.2) is 0 Å². The number of primary amides is 2. The van der Waals surface area contributed by atoms with Gasteiger partial charge in [-0.15, -0.1) is 0 Å². The van der Waals surface area contributed by atoms with Gasteiger partial charge in [0.05, 0.1) is 25.3 Å².